The van der Waals surface area contributed by atoms with Gasteiger partial charge in [0, 0.05) is 5.56 Å². The molecule has 0 N–H and O–H groups in total. The Labute approximate surface area is 209 Å². The third-order valence-electron chi connectivity index (χ3n) is 6.28. The number of carbonyl (C=O) groups is 4. The lowest BCUT2D eigenvalue weighted by Gasteiger charge is -2.33. The molecular formula is C28H26N2O6. The summed E-state index contributed by atoms with van der Waals surface area (Å²) in [6, 6.07) is 20.5. The Morgan fingerprint density at radius 3 is 2.08 bits per heavy atom. The fourth-order valence-electron chi connectivity index (χ4n) is 4.33. The summed E-state index contributed by atoms with van der Waals surface area (Å²) in [6.07, 6.45) is -0.156. The lowest BCUT2D eigenvalue weighted by atomic mass is 10.0. The minimum atomic E-state index is -0.998. The first-order valence-electron chi connectivity index (χ1n) is 11.4. The van der Waals surface area contributed by atoms with Crippen molar-refractivity contribution in [2.45, 2.75) is 25.4 Å². The van der Waals surface area contributed by atoms with E-state index in [1.807, 2.05) is 37.3 Å². The SMILES string of the molecule is COC(=O)c1ccc(N2C(=O)CC(N(C(=O)c3ccc(OC)cc3)C(C)c3ccccc3)C2=O)cc1. The molecule has 184 valence electrons. The van der Waals surface area contributed by atoms with Crippen LogP contribution in [0, 0.1) is 0 Å². The van der Waals surface area contributed by atoms with Crippen molar-refractivity contribution >= 4 is 29.4 Å². The van der Waals surface area contributed by atoms with Crippen molar-refractivity contribution in [2.24, 2.45) is 0 Å². The van der Waals surface area contributed by atoms with E-state index in [9.17, 15) is 19.2 Å². The fraction of sp³-hybridized carbons (Fsp3) is 0.214. The summed E-state index contributed by atoms with van der Waals surface area (Å²) in [7, 11) is 2.81. The maximum Gasteiger partial charge on any atom is 0.337 e. The third-order valence-corrected chi connectivity index (χ3v) is 6.28. The van der Waals surface area contributed by atoms with E-state index in [1.54, 1.807) is 24.3 Å². The first-order valence-corrected chi connectivity index (χ1v) is 11.4. The minimum Gasteiger partial charge on any atom is -0.497 e. The molecule has 2 atom stereocenters. The average Bonchev–Trinajstić information content (AvgIpc) is 3.21. The zero-order chi connectivity index (χ0) is 25.8. The molecule has 3 aromatic rings. The Bertz CT molecular complexity index is 1270. The number of benzene rings is 3. The number of amides is 3. The number of methoxy groups -OCH3 is 2. The summed E-state index contributed by atoms with van der Waals surface area (Å²) in [5, 5.41) is 0. The molecule has 8 nitrogen and oxygen atoms in total. The second-order valence-electron chi connectivity index (χ2n) is 8.35. The van der Waals surface area contributed by atoms with Gasteiger partial charge in [-0.1, -0.05) is 30.3 Å². The highest BCUT2D eigenvalue weighted by Crippen LogP contribution is 2.33. The van der Waals surface area contributed by atoms with Crippen LogP contribution in [0.3, 0.4) is 0 Å². The first kappa shape index (κ1) is 24.7. The molecule has 0 saturated carbocycles. The van der Waals surface area contributed by atoms with E-state index >= 15 is 0 Å². The molecule has 4 rings (SSSR count). The second-order valence-corrected chi connectivity index (χ2v) is 8.35. The van der Waals surface area contributed by atoms with E-state index in [2.05, 4.69) is 0 Å². The van der Waals surface area contributed by atoms with Crippen molar-refractivity contribution < 1.29 is 28.7 Å². The molecule has 0 aliphatic carbocycles. The average molecular weight is 487 g/mol. The van der Waals surface area contributed by atoms with Crippen LogP contribution in [0.5, 0.6) is 5.75 Å². The first-order chi connectivity index (χ1) is 17.3. The summed E-state index contributed by atoms with van der Waals surface area (Å²) in [4.78, 5) is 54.7. The van der Waals surface area contributed by atoms with Crippen LogP contribution in [0.25, 0.3) is 0 Å². The highest BCUT2D eigenvalue weighted by atomic mass is 16.5. The predicted molar refractivity (Wildman–Crippen MR) is 133 cm³/mol. The monoisotopic (exact) mass is 486 g/mol. The van der Waals surface area contributed by atoms with Crippen LogP contribution < -0.4 is 9.64 Å². The van der Waals surface area contributed by atoms with Gasteiger partial charge in [0.15, 0.2) is 0 Å². The maximum atomic E-state index is 13.7. The van der Waals surface area contributed by atoms with Crippen molar-refractivity contribution in [1.29, 1.82) is 0 Å². The number of nitrogens with zero attached hydrogens (tertiary/aromatic N) is 2. The number of imide groups is 1. The summed E-state index contributed by atoms with van der Waals surface area (Å²) in [5.74, 6) is -1.23. The lowest BCUT2D eigenvalue weighted by molar-refractivity contribution is -0.122. The zero-order valence-corrected chi connectivity index (χ0v) is 20.2. The number of carbonyl (C=O) groups excluding carboxylic acids is 4. The quantitative estimate of drug-likeness (QED) is 0.370. The highest BCUT2D eigenvalue weighted by molar-refractivity contribution is 6.23. The Hall–Kier alpha value is -4.46. The minimum absolute atomic E-state index is 0.156. The van der Waals surface area contributed by atoms with Gasteiger partial charge in [0.1, 0.15) is 11.8 Å². The normalized spacial score (nSPS) is 16.0. The third kappa shape index (κ3) is 4.70. The van der Waals surface area contributed by atoms with E-state index in [1.165, 1.54) is 43.4 Å². The van der Waals surface area contributed by atoms with Gasteiger partial charge in [-0.25, -0.2) is 9.69 Å². The predicted octanol–water partition coefficient (Wildman–Crippen LogP) is 4.02. The van der Waals surface area contributed by atoms with E-state index < -0.39 is 29.9 Å². The van der Waals surface area contributed by atoms with Gasteiger partial charge in [0.2, 0.25) is 5.91 Å². The van der Waals surface area contributed by atoms with Gasteiger partial charge >= 0.3 is 5.97 Å². The molecule has 1 aliphatic heterocycles. The van der Waals surface area contributed by atoms with Crippen molar-refractivity contribution in [2.75, 3.05) is 19.1 Å². The summed E-state index contributed by atoms with van der Waals surface area (Å²) >= 11 is 0. The molecule has 1 saturated heterocycles. The van der Waals surface area contributed by atoms with E-state index in [-0.39, 0.29) is 12.3 Å². The van der Waals surface area contributed by atoms with Gasteiger partial charge in [-0.05, 0) is 61.0 Å². The van der Waals surface area contributed by atoms with Gasteiger partial charge in [-0.2, -0.15) is 0 Å². The molecule has 8 heteroatoms. The van der Waals surface area contributed by atoms with Crippen LogP contribution in [-0.2, 0) is 14.3 Å². The number of rotatable bonds is 7. The summed E-state index contributed by atoms with van der Waals surface area (Å²) < 4.78 is 9.90. The Morgan fingerprint density at radius 2 is 1.50 bits per heavy atom. The van der Waals surface area contributed by atoms with Gasteiger partial charge in [0.25, 0.3) is 11.8 Å². The van der Waals surface area contributed by atoms with Crippen LogP contribution in [0.15, 0.2) is 78.9 Å². The second kappa shape index (κ2) is 10.4. The molecule has 0 aromatic heterocycles. The summed E-state index contributed by atoms with van der Waals surface area (Å²) in [6.45, 7) is 1.84. The lowest BCUT2D eigenvalue weighted by Crippen LogP contribution is -2.46. The molecule has 0 bridgehead atoms. The molecule has 2 unspecified atom stereocenters. The highest BCUT2D eigenvalue weighted by Gasteiger charge is 2.46. The van der Waals surface area contributed by atoms with Gasteiger partial charge < -0.3 is 14.4 Å². The molecule has 3 amide bonds. The number of anilines is 1. The Balaban J connectivity index is 1.69. The van der Waals surface area contributed by atoms with Crippen molar-refractivity contribution in [3.63, 3.8) is 0 Å². The Kier molecular flexibility index (Phi) is 7.15. The number of ether oxygens (including phenoxy) is 2. The molecule has 0 spiro atoms. The maximum absolute atomic E-state index is 13.7. The zero-order valence-electron chi connectivity index (χ0n) is 20.2. The molecule has 1 aliphatic rings. The largest absolute Gasteiger partial charge is 0.497 e. The fourth-order valence-corrected chi connectivity index (χ4v) is 4.33. The molecule has 1 fully saturated rings. The smallest absolute Gasteiger partial charge is 0.337 e. The van der Waals surface area contributed by atoms with Gasteiger partial charge in [0.05, 0.1) is 37.9 Å². The van der Waals surface area contributed by atoms with Crippen LogP contribution in [0.1, 0.15) is 45.7 Å². The number of esters is 1. The van der Waals surface area contributed by atoms with Crippen LogP contribution in [-0.4, -0.2) is 48.9 Å². The van der Waals surface area contributed by atoms with Crippen molar-refractivity contribution in [1.82, 2.24) is 4.90 Å². The van der Waals surface area contributed by atoms with Gasteiger partial charge in [-0.15, -0.1) is 0 Å². The molecule has 1 heterocycles. The molecule has 0 radical (unpaired) electrons. The number of hydrogen-bond acceptors (Lipinski definition) is 6. The molecular weight excluding hydrogens is 460 g/mol. The topological polar surface area (TPSA) is 93.2 Å². The Morgan fingerprint density at radius 1 is 0.889 bits per heavy atom. The van der Waals surface area contributed by atoms with E-state index in [4.69, 9.17) is 9.47 Å². The van der Waals surface area contributed by atoms with Crippen molar-refractivity contribution in [3.05, 3.63) is 95.6 Å². The van der Waals surface area contributed by atoms with E-state index in [0.29, 0.717) is 22.6 Å². The molecule has 36 heavy (non-hydrogen) atoms. The van der Waals surface area contributed by atoms with E-state index in [0.717, 1.165) is 10.5 Å². The number of hydrogen-bond donors (Lipinski definition) is 0. The van der Waals surface area contributed by atoms with Crippen LogP contribution >= 0.6 is 0 Å². The van der Waals surface area contributed by atoms with Crippen LogP contribution in [0.2, 0.25) is 0 Å². The van der Waals surface area contributed by atoms with Crippen LogP contribution in [0.4, 0.5) is 5.69 Å². The molecule has 3 aromatic carbocycles. The van der Waals surface area contributed by atoms with Crippen molar-refractivity contribution in [3.8, 4) is 5.75 Å². The summed E-state index contributed by atoms with van der Waals surface area (Å²) in [5.41, 5.74) is 1.83. The standard InChI is InChI=1S/C28H26N2O6/c1-18(19-7-5-4-6-8-19)29(26(32)20-11-15-23(35-2)16-12-20)24-17-25(31)30(27(24)33)22-13-9-21(10-14-22)28(34)36-3/h4-16,18,24H,17H2,1-3H3. The van der Waals surface area contributed by atoms with Gasteiger partial charge in [-0.3, -0.25) is 14.4 Å².